The fourth-order valence-electron chi connectivity index (χ4n) is 2.72. The van der Waals surface area contributed by atoms with E-state index in [0.29, 0.717) is 31.0 Å². The summed E-state index contributed by atoms with van der Waals surface area (Å²) in [6.07, 6.45) is 3.97. The Morgan fingerprint density at radius 3 is 2.55 bits per heavy atom. The van der Waals surface area contributed by atoms with Gasteiger partial charge in [-0.25, -0.2) is 0 Å². The van der Waals surface area contributed by atoms with Crippen molar-refractivity contribution in [3.8, 4) is 0 Å². The minimum atomic E-state index is -0.255. The molecule has 0 aliphatic rings. The highest BCUT2D eigenvalue weighted by molar-refractivity contribution is 6.04. The van der Waals surface area contributed by atoms with Crippen LogP contribution in [-0.4, -0.2) is 45.7 Å². The van der Waals surface area contributed by atoms with Gasteiger partial charge in [-0.2, -0.15) is 0 Å². The van der Waals surface area contributed by atoms with Crippen LogP contribution in [0.2, 0.25) is 0 Å². The lowest BCUT2D eigenvalue weighted by Gasteiger charge is -2.18. The topological polar surface area (TPSA) is 70.7 Å². The second kappa shape index (κ2) is 11.7. The molecule has 0 aliphatic carbocycles. The fraction of sp³-hybridized carbons (Fsp3) is 0.304. The molecule has 0 fully saturated rings. The molecule has 2 N–H and O–H groups in total. The maximum Gasteiger partial charge on any atom is 0.253 e. The Labute approximate surface area is 172 Å². The van der Waals surface area contributed by atoms with Crippen molar-refractivity contribution >= 4 is 29.3 Å². The van der Waals surface area contributed by atoms with E-state index in [1.807, 2.05) is 62.3 Å². The zero-order valence-corrected chi connectivity index (χ0v) is 17.3. The van der Waals surface area contributed by atoms with E-state index in [-0.39, 0.29) is 11.8 Å². The van der Waals surface area contributed by atoms with Crippen LogP contribution in [0.5, 0.6) is 0 Å². The smallest absolute Gasteiger partial charge is 0.253 e. The number of carbonyl (C=O) groups is 2. The molecule has 2 amide bonds. The molecule has 154 valence electrons. The van der Waals surface area contributed by atoms with Crippen molar-refractivity contribution in [3.63, 3.8) is 0 Å². The molecule has 2 rings (SSSR count). The lowest BCUT2D eigenvalue weighted by atomic mass is 10.1. The van der Waals surface area contributed by atoms with Crippen LogP contribution >= 0.6 is 0 Å². The van der Waals surface area contributed by atoms with Crippen LogP contribution in [0.4, 0.5) is 11.4 Å². The molecule has 0 saturated carbocycles. The first-order valence-corrected chi connectivity index (χ1v) is 9.72. The van der Waals surface area contributed by atoms with Crippen molar-refractivity contribution < 1.29 is 14.3 Å². The molecule has 2 aromatic carbocycles. The third-order valence-corrected chi connectivity index (χ3v) is 4.17. The monoisotopic (exact) mass is 395 g/mol. The number of hydrogen-bond acceptors (Lipinski definition) is 4. The fourth-order valence-corrected chi connectivity index (χ4v) is 2.72. The normalized spacial score (nSPS) is 10.7. The van der Waals surface area contributed by atoms with Gasteiger partial charge in [0.15, 0.2) is 0 Å². The average molecular weight is 396 g/mol. The summed E-state index contributed by atoms with van der Waals surface area (Å²) in [5.41, 5.74) is 2.80. The van der Waals surface area contributed by atoms with Gasteiger partial charge in [-0.1, -0.05) is 30.3 Å². The summed E-state index contributed by atoms with van der Waals surface area (Å²) in [7, 11) is 3.75. The van der Waals surface area contributed by atoms with Gasteiger partial charge in [0.05, 0.1) is 5.56 Å². The molecule has 0 heterocycles. The number of anilines is 2. The lowest BCUT2D eigenvalue weighted by molar-refractivity contribution is -0.111. The van der Waals surface area contributed by atoms with Gasteiger partial charge >= 0.3 is 0 Å². The van der Waals surface area contributed by atoms with Crippen molar-refractivity contribution in [2.45, 2.75) is 13.3 Å². The molecular formula is C23H29N3O3. The molecule has 6 nitrogen and oxygen atoms in total. The van der Waals surface area contributed by atoms with Crippen LogP contribution < -0.4 is 15.5 Å². The van der Waals surface area contributed by atoms with Crippen LogP contribution in [0, 0.1) is 0 Å². The summed E-state index contributed by atoms with van der Waals surface area (Å²) in [4.78, 5) is 26.8. The molecule has 0 bridgehead atoms. The molecule has 0 saturated heterocycles. The van der Waals surface area contributed by atoms with E-state index in [2.05, 4.69) is 10.6 Å². The summed E-state index contributed by atoms with van der Waals surface area (Å²) in [5, 5.41) is 5.72. The molecule has 6 heteroatoms. The number of rotatable bonds is 10. The minimum absolute atomic E-state index is 0.180. The summed E-state index contributed by atoms with van der Waals surface area (Å²) in [6, 6.07) is 14.9. The predicted octanol–water partition coefficient (Wildman–Crippen LogP) is 3.56. The molecule has 29 heavy (non-hydrogen) atoms. The van der Waals surface area contributed by atoms with Gasteiger partial charge in [-0.15, -0.1) is 0 Å². The second-order valence-electron chi connectivity index (χ2n) is 6.67. The Morgan fingerprint density at radius 2 is 1.86 bits per heavy atom. The number of hydrogen-bond donors (Lipinski definition) is 2. The Morgan fingerprint density at radius 1 is 1.10 bits per heavy atom. The van der Waals surface area contributed by atoms with E-state index < -0.39 is 0 Å². The highest BCUT2D eigenvalue weighted by Crippen LogP contribution is 2.23. The third-order valence-electron chi connectivity index (χ3n) is 4.17. The first kappa shape index (κ1) is 22.2. The van der Waals surface area contributed by atoms with E-state index in [0.717, 1.165) is 17.7 Å². The van der Waals surface area contributed by atoms with E-state index in [1.54, 1.807) is 18.2 Å². The predicted molar refractivity (Wildman–Crippen MR) is 118 cm³/mol. The van der Waals surface area contributed by atoms with E-state index in [1.165, 1.54) is 6.08 Å². The van der Waals surface area contributed by atoms with Crippen molar-refractivity contribution in [2.75, 3.05) is 44.1 Å². The van der Waals surface area contributed by atoms with E-state index in [4.69, 9.17) is 4.74 Å². The number of ether oxygens (including phenoxy) is 1. The highest BCUT2D eigenvalue weighted by atomic mass is 16.5. The molecule has 2 aromatic rings. The van der Waals surface area contributed by atoms with E-state index >= 15 is 0 Å². The lowest BCUT2D eigenvalue weighted by Crippen LogP contribution is -2.27. The first-order valence-electron chi connectivity index (χ1n) is 9.72. The highest BCUT2D eigenvalue weighted by Gasteiger charge is 2.14. The SMILES string of the molecule is CCOCCCNC(=O)c1cc(NC(=O)/C=C/c2ccccc2)ccc1N(C)C. The summed E-state index contributed by atoms with van der Waals surface area (Å²) in [6.45, 7) is 3.75. The third kappa shape index (κ3) is 7.43. The van der Waals surface area contributed by atoms with Crippen molar-refractivity contribution in [1.29, 1.82) is 0 Å². The van der Waals surface area contributed by atoms with Crippen LogP contribution in [0.15, 0.2) is 54.6 Å². The quantitative estimate of drug-likeness (QED) is 0.477. The Kier molecular flexibility index (Phi) is 8.92. The Bertz CT molecular complexity index is 833. The van der Waals surface area contributed by atoms with Crippen LogP contribution in [0.25, 0.3) is 6.08 Å². The minimum Gasteiger partial charge on any atom is -0.382 e. The van der Waals surface area contributed by atoms with Crippen LogP contribution in [0.3, 0.4) is 0 Å². The number of carbonyl (C=O) groups excluding carboxylic acids is 2. The molecule has 0 atom stereocenters. The Hall–Kier alpha value is -3.12. The molecule has 0 aliphatic heterocycles. The van der Waals surface area contributed by atoms with Gasteiger partial charge in [-0.3, -0.25) is 9.59 Å². The second-order valence-corrected chi connectivity index (χ2v) is 6.67. The molecule has 0 aromatic heterocycles. The largest absolute Gasteiger partial charge is 0.382 e. The van der Waals surface area contributed by atoms with Gasteiger partial charge in [0.2, 0.25) is 5.91 Å². The zero-order valence-electron chi connectivity index (χ0n) is 17.3. The summed E-state index contributed by atoms with van der Waals surface area (Å²) >= 11 is 0. The maximum absolute atomic E-state index is 12.6. The molecule has 0 spiro atoms. The number of nitrogens with zero attached hydrogens (tertiary/aromatic N) is 1. The molecular weight excluding hydrogens is 366 g/mol. The Balaban J connectivity index is 2.05. The summed E-state index contributed by atoms with van der Waals surface area (Å²) < 4.78 is 5.29. The first-order chi connectivity index (χ1) is 14.0. The average Bonchev–Trinajstić information content (AvgIpc) is 2.72. The van der Waals surface area contributed by atoms with Gasteiger partial charge in [0.1, 0.15) is 0 Å². The van der Waals surface area contributed by atoms with Gasteiger partial charge in [0.25, 0.3) is 5.91 Å². The van der Waals surface area contributed by atoms with Crippen molar-refractivity contribution in [1.82, 2.24) is 5.32 Å². The number of amides is 2. The molecule has 0 radical (unpaired) electrons. The molecule has 0 unspecified atom stereocenters. The zero-order chi connectivity index (χ0) is 21.1. The summed E-state index contributed by atoms with van der Waals surface area (Å²) in [5.74, 6) is -0.435. The number of benzene rings is 2. The van der Waals surface area contributed by atoms with Crippen molar-refractivity contribution in [2.24, 2.45) is 0 Å². The van der Waals surface area contributed by atoms with Gasteiger partial charge < -0.3 is 20.3 Å². The van der Waals surface area contributed by atoms with Gasteiger partial charge in [0, 0.05) is 51.3 Å². The maximum atomic E-state index is 12.6. The van der Waals surface area contributed by atoms with Crippen molar-refractivity contribution in [3.05, 3.63) is 65.7 Å². The van der Waals surface area contributed by atoms with Crippen LogP contribution in [0.1, 0.15) is 29.3 Å². The standard InChI is InChI=1S/C23H29N3O3/c1-4-29-16-8-15-24-23(28)20-17-19(12-13-21(20)26(2)3)25-22(27)14-11-18-9-6-5-7-10-18/h5-7,9-14,17H,4,8,15-16H2,1-3H3,(H,24,28)(H,25,27)/b14-11+. The van der Waals surface area contributed by atoms with Gasteiger partial charge in [-0.05, 0) is 43.2 Å². The number of nitrogens with one attached hydrogen (secondary N) is 2. The van der Waals surface area contributed by atoms with Crippen LogP contribution in [-0.2, 0) is 9.53 Å². The van der Waals surface area contributed by atoms with E-state index in [9.17, 15) is 9.59 Å².